The zero-order valence-electron chi connectivity index (χ0n) is 15.2. The fourth-order valence-electron chi connectivity index (χ4n) is 4.18. The van der Waals surface area contributed by atoms with Crippen LogP contribution in [0.15, 0.2) is 6.33 Å². The number of rotatable bonds is 6. The number of hydrogen-bond donors (Lipinski definition) is 1. The van der Waals surface area contributed by atoms with Gasteiger partial charge in [0.2, 0.25) is 5.88 Å². The van der Waals surface area contributed by atoms with Crippen molar-refractivity contribution in [3.8, 4) is 18.2 Å². The van der Waals surface area contributed by atoms with E-state index in [2.05, 4.69) is 21.2 Å². The van der Waals surface area contributed by atoms with Crippen molar-refractivity contribution < 1.29 is 9.47 Å². The van der Waals surface area contributed by atoms with Gasteiger partial charge < -0.3 is 14.8 Å². The molecule has 1 atom stereocenters. The van der Waals surface area contributed by atoms with E-state index in [4.69, 9.17) is 15.9 Å². The highest BCUT2D eigenvalue weighted by molar-refractivity contribution is 7.19. The highest BCUT2D eigenvalue weighted by Crippen LogP contribution is 2.46. The van der Waals surface area contributed by atoms with E-state index in [1.54, 1.807) is 17.7 Å². The van der Waals surface area contributed by atoms with Crippen LogP contribution in [0.1, 0.15) is 48.5 Å². The largest absolute Gasteiger partial charge is 0.474 e. The molecule has 26 heavy (non-hydrogen) atoms. The average molecular weight is 372 g/mol. The molecule has 2 aliphatic rings. The third-order valence-electron chi connectivity index (χ3n) is 5.56. The lowest BCUT2D eigenvalue weighted by Gasteiger charge is -2.28. The van der Waals surface area contributed by atoms with Crippen LogP contribution in [-0.2, 0) is 11.2 Å². The van der Waals surface area contributed by atoms with Crippen molar-refractivity contribution in [1.82, 2.24) is 15.3 Å². The first-order chi connectivity index (χ1) is 12.8. The van der Waals surface area contributed by atoms with Crippen molar-refractivity contribution in [3.05, 3.63) is 16.8 Å². The fraction of sp³-hybridized carbons (Fsp3) is 0.600. The Labute approximate surface area is 158 Å². The van der Waals surface area contributed by atoms with Gasteiger partial charge in [-0.3, -0.25) is 0 Å². The van der Waals surface area contributed by atoms with E-state index in [1.165, 1.54) is 10.4 Å². The predicted octanol–water partition coefficient (Wildman–Crippen LogP) is 3.28. The number of thiophene rings is 1. The molecule has 2 heterocycles. The Hall–Kier alpha value is -1.68. The number of fused-ring (bicyclic) bond motifs is 3. The van der Waals surface area contributed by atoms with Gasteiger partial charge in [-0.05, 0) is 51.1 Å². The minimum absolute atomic E-state index is 0.241. The van der Waals surface area contributed by atoms with Gasteiger partial charge in [-0.25, -0.2) is 9.97 Å². The fourth-order valence-corrected chi connectivity index (χ4v) is 5.41. The number of nitrogens with zero attached hydrogens (tertiary/aromatic N) is 2. The molecule has 0 bridgehead atoms. The molecule has 6 heteroatoms. The first kappa shape index (κ1) is 17.7. The molecule has 2 aromatic rings. The summed E-state index contributed by atoms with van der Waals surface area (Å²) in [4.78, 5) is 11.4. The SMILES string of the molecule is C#CCOC[C@H]1CCc2sc3ncnc(OC4CCC(NC)CC4)c3c21. The van der Waals surface area contributed by atoms with Gasteiger partial charge in [0, 0.05) is 16.8 Å². The topological polar surface area (TPSA) is 56.3 Å². The summed E-state index contributed by atoms with van der Waals surface area (Å²) in [7, 11) is 2.04. The van der Waals surface area contributed by atoms with Crippen molar-refractivity contribution in [2.45, 2.75) is 56.6 Å². The number of aryl methyl sites for hydroxylation is 1. The third kappa shape index (κ3) is 3.44. The highest BCUT2D eigenvalue weighted by atomic mass is 32.1. The predicted molar refractivity (Wildman–Crippen MR) is 104 cm³/mol. The molecule has 4 rings (SSSR count). The van der Waals surface area contributed by atoms with E-state index in [1.807, 2.05) is 7.05 Å². The quantitative estimate of drug-likeness (QED) is 0.624. The highest BCUT2D eigenvalue weighted by Gasteiger charge is 2.31. The van der Waals surface area contributed by atoms with Crippen LogP contribution in [0, 0.1) is 12.3 Å². The number of terminal acetylenes is 1. The molecular weight excluding hydrogens is 346 g/mol. The molecular formula is C20H25N3O2S. The lowest BCUT2D eigenvalue weighted by molar-refractivity contribution is 0.137. The molecule has 2 aliphatic carbocycles. The number of aromatic nitrogens is 2. The van der Waals surface area contributed by atoms with Crippen LogP contribution in [-0.4, -0.2) is 42.4 Å². The minimum atomic E-state index is 0.241. The van der Waals surface area contributed by atoms with Crippen LogP contribution < -0.4 is 10.1 Å². The van der Waals surface area contributed by atoms with E-state index in [9.17, 15) is 0 Å². The Morgan fingerprint density at radius 2 is 2.12 bits per heavy atom. The van der Waals surface area contributed by atoms with Crippen molar-refractivity contribution in [1.29, 1.82) is 0 Å². The maximum Gasteiger partial charge on any atom is 0.225 e. The Morgan fingerprint density at radius 1 is 1.27 bits per heavy atom. The van der Waals surface area contributed by atoms with Crippen LogP contribution >= 0.6 is 11.3 Å². The van der Waals surface area contributed by atoms with Crippen LogP contribution in [0.3, 0.4) is 0 Å². The number of hydrogen-bond acceptors (Lipinski definition) is 6. The van der Waals surface area contributed by atoms with Crippen molar-refractivity contribution in [2.75, 3.05) is 20.3 Å². The lowest BCUT2D eigenvalue weighted by Crippen LogP contribution is -2.34. The van der Waals surface area contributed by atoms with E-state index < -0.39 is 0 Å². The van der Waals surface area contributed by atoms with E-state index in [0.29, 0.717) is 25.2 Å². The second-order valence-corrected chi connectivity index (χ2v) is 8.22. The Balaban J connectivity index is 1.57. The van der Waals surface area contributed by atoms with Gasteiger partial charge in [-0.15, -0.1) is 17.8 Å². The molecule has 0 amide bonds. The van der Waals surface area contributed by atoms with Gasteiger partial charge in [0.1, 0.15) is 23.9 Å². The summed E-state index contributed by atoms with van der Waals surface area (Å²) in [5, 5.41) is 4.48. The summed E-state index contributed by atoms with van der Waals surface area (Å²) in [6, 6.07) is 0.614. The smallest absolute Gasteiger partial charge is 0.225 e. The minimum Gasteiger partial charge on any atom is -0.474 e. The van der Waals surface area contributed by atoms with Gasteiger partial charge in [0.15, 0.2) is 0 Å². The molecule has 0 aromatic carbocycles. The molecule has 1 fully saturated rings. The Bertz CT molecular complexity index is 805. The van der Waals surface area contributed by atoms with Crippen molar-refractivity contribution >= 4 is 21.6 Å². The Kier molecular flexibility index (Phi) is 5.39. The zero-order valence-corrected chi connectivity index (χ0v) is 16.0. The van der Waals surface area contributed by atoms with Gasteiger partial charge >= 0.3 is 0 Å². The normalized spacial score (nSPS) is 25.2. The van der Waals surface area contributed by atoms with Crippen LogP contribution in [0.4, 0.5) is 0 Å². The summed E-state index contributed by atoms with van der Waals surface area (Å²) in [6.45, 7) is 1.02. The van der Waals surface area contributed by atoms with Crippen molar-refractivity contribution in [3.63, 3.8) is 0 Å². The van der Waals surface area contributed by atoms with Gasteiger partial charge in [-0.2, -0.15) is 0 Å². The molecule has 0 radical (unpaired) electrons. The number of nitrogens with one attached hydrogen (secondary N) is 1. The molecule has 1 saturated carbocycles. The molecule has 2 aromatic heterocycles. The summed E-state index contributed by atoms with van der Waals surface area (Å²) in [5.41, 5.74) is 1.33. The van der Waals surface area contributed by atoms with Gasteiger partial charge in [-0.1, -0.05) is 5.92 Å². The van der Waals surface area contributed by atoms with E-state index >= 15 is 0 Å². The van der Waals surface area contributed by atoms with E-state index in [0.717, 1.165) is 54.6 Å². The Morgan fingerprint density at radius 3 is 2.88 bits per heavy atom. The molecule has 1 N–H and O–H groups in total. The molecule has 0 saturated heterocycles. The van der Waals surface area contributed by atoms with Crippen LogP contribution in [0.25, 0.3) is 10.2 Å². The second kappa shape index (κ2) is 7.91. The van der Waals surface area contributed by atoms with Crippen LogP contribution in [0.2, 0.25) is 0 Å². The molecule has 0 unspecified atom stereocenters. The molecule has 0 aliphatic heterocycles. The summed E-state index contributed by atoms with van der Waals surface area (Å²) < 4.78 is 12.0. The summed E-state index contributed by atoms with van der Waals surface area (Å²) in [5.74, 6) is 3.66. The van der Waals surface area contributed by atoms with Gasteiger partial charge in [0.05, 0.1) is 12.0 Å². The molecule has 0 spiro atoms. The second-order valence-electron chi connectivity index (χ2n) is 7.13. The maximum atomic E-state index is 6.37. The average Bonchev–Trinajstić information content (AvgIpc) is 3.22. The van der Waals surface area contributed by atoms with Crippen molar-refractivity contribution in [2.24, 2.45) is 0 Å². The maximum absolute atomic E-state index is 6.37. The van der Waals surface area contributed by atoms with Crippen LogP contribution in [0.5, 0.6) is 5.88 Å². The lowest BCUT2D eigenvalue weighted by atomic mass is 9.93. The first-order valence-corrected chi connectivity index (χ1v) is 10.2. The third-order valence-corrected chi connectivity index (χ3v) is 6.73. The monoisotopic (exact) mass is 371 g/mol. The summed E-state index contributed by atoms with van der Waals surface area (Å²) >= 11 is 1.77. The van der Waals surface area contributed by atoms with Gasteiger partial charge in [0.25, 0.3) is 0 Å². The molecule has 5 nitrogen and oxygen atoms in total. The first-order valence-electron chi connectivity index (χ1n) is 9.41. The van der Waals surface area contributed by atoms with E-state index in [-0.39, 0.29) is 6.10 Å². The summed E-state index contributed by atoms with van der Waals surface area (Å²) in [6.07, 6.45) is 13.8. The molecule has 138 valence electrons. The standard InChI is InChI=1S/C20H25N3O2S/c1-3-10-24-11-13-4-9-16-17(13)18-19(22-12-23-20(18)26-16)25-15-7-5-14(21-2)6-8-15/h1,12-15,21H,4-11H2,2H3/t13-,14?,15?/m1/s1. The number of ether oxygens (including phenoxy) is 2. The zero-order chi connectivity index (χ0) is 17.9.